The summed E-state index contributed by atoms with van der Waals surface area (Å²) in [7, 11) is 0. The lowest BCUT2D eigenvalue weighted by Crippen LogP contribution is -2.49. The predicted molar refractivity (Wildman–Crippen MR) is 106 cm³/mol. The van der Waals surface area contributed by atoms with Gasteiger partial charge in [-0.3, -0.25) is 9.59 Å². The minimum Gasteiger partial charge on any atom is -0.354 e. The fourth-order valence-electron chi connectivity index (χ4n) is 3.61. The van der Waals surface area contributed by atoms with Crippen molar-refractivity contribution in [2.24, 2.45) is 0 Å². The summed E-state index contributed by atoms with van der Waals surface area (Å²) in [5.74, 6) is -0.132. The molecule has 0 spiro atoms. The molecule has 1 aliphatic rings. The van der Waals surface area contributed by atoms with Crippen LogP contribution in [0.4, 0.5) is 0 Å². The summed E-state index contributed by atoms with van der Waals surface area (Å²) in [4.78, 5) is 30.0. The number of benzene rings is 1. The molecule has 0 bridgehead atoms. The van der Waals surface area contributed by atoms with Gasteiger partial charge in [0.25, 0.3) is 5.91 Å². The summed E-state index contributed by atoms with van der Waals surface area (Å²) < 4.78 is 0. The van der Waals surface area contributed by atoms with Crippen LogP contribution in [0.2, 0.25) is 5.02 Å². The third-order valence-electron chi connectivity index (χ3n) is 4.77. The first-order chi connectivity index (χ1) is 11.9. The summed E-state index contributed by atoms with van der Waals surface area (Å²) in [6.45, 7) is 7.12. The Hall–Kier alpha value is -1.82. The summed E-state index contributed by atoms with van der Waals surface area (Å²) in [5, 5.41) is 3.98. The molecule has 2 heterocycles. The van der Waals surface area contributed by atoms with Crippen LogP contribution in [-0.2, 0) is 0 Å². The molecule has 1 fully saturated rings. The normalized spacial score (nSPS) is 16.9. The van der Waals surface area contributed by atoms with Gasteiger partial charge in [0.2, 0.25) is 0 Å². The summed E-state index contributed by atoms with van der Waals surface area (Å²) in [6, 6.07) is 7.46. The van der Waals surface area contributed by atoms with Crippen molar-refractivity contribution in [3.05, 3.63) is 57.4 Å². The highest BCUT2D eigenvalue weighted by atomic mass is 35.5. The van der Waals surface area contributed by atoms with Gasteiger partial charge in [0.1, 0.15) is 5.69 Å². The van der Waals surface area contributed by atoms with Gasteiger partial charge in [0.15, 0.2) is 5.78 Å². The molecule has 1 saturated heterocycles. The number of Topliss-reactive ketones (excluding diaryl/α,β-unsaturated/α-hetero) is 1. The van der Waals surface area contributed by atoms with Crippen LogP contribution in [0.3, 0.4) is 0 Å². The van der Waals surface area contributed by atoms with Crippen molar-refractivity contribution in [3.8, 4) is 0 Å². The van der Waals surface area contributed by atoms with E-state index in [1.807, 2.05) is 43.0 Å². The van der Waals surface area contributed by atoms with E-state index in [1.54, 1.807) is 0 Å². The SMILES string of the molecule is CC(=O)c1c(C)[nH]c(C(=O)N2CCNCC2c2ccccc2Cl)c1C.Cl. The first-order valence-electron chi connectivity index (χ1n) is 8.38. The number of hydrogen-bond donors (Lipinski definition) is 2. The second kappa shape index (κ2) is 8.25. The van der Waals surface area contributed by atoms with E-state index in [4.69, 9.17) is 11.6 Å². The van der Waals surface area contributed by atoms with E-state index in [0.29, 0.717) is 34.9 Å². The van der Waals surface area contributed by atoms with Crippen LogP contribution in [0.1, 0.15) is 50.6 Å². The molecule has 2 N–H and O–H groups in total. The third-order valence-corrected chi connectivity index (χ3v) is 5.12. The summed E-state index contributed by atoms with van der Waals surface area (Å²) >= 11 is 6.36. The lowest BCUT2D eigenvalue weighted by molar-refractivity contribution is 0.0628. The van der Waals surface area contributed by atoms with Crippen molar-refractivity contribution in [2.45, 2.75) is 26.8 Å². The van der Waals surface area contributed by atoms with Gasteiger partial charge in [-0.2, -0.15) is 0 Å². The fraction of sp³-hybridized carbons (Fsp3) is 0.368. The van der Waals surface area contributed by atoms with Gasteiger partial charge < -0.3 is 15.2 Å². The average molecular weight is 396 g/mol. The van der Waals surface area contributed by atoms with Crippen molar-refractivity contribution in [3.63, 3.8) is 0 Å². The third kappa shape index (κ3) is 3.65. The van der Waals surface area contributed by atoms with Gasteiger partial charge in [-0.25, -0.2) is 0 Å². The van der Waals surface area contributed by atoms with Gasteiger partial charge in [-0.15, -0.1) is 12.4 Å². The number of hydrogen-bond acceptors (Lipinski definition) is 3. The number of rotatable bonds is 3. The number of nitrogens with zero attached hydrogens (tertiary/aromatic N) is 1. The molecule has 3 rings (SSSR count). The number of H-pyrrole nitrogens is 1. The molecule has 0 saturated carbocycles. The van der Waals surface area contributed by atoms with Gasteiger partial charge in [0.05, 0.1) is 6.04 Å². The number of piperazine rings is 1. The number of amides is 1. The number of aromatic amines is 1. The standard InChI is InChI=1S/C19H22ClN3O2.ClH/c1-11-17(13(3)24)12(2)22-18(11)19(25)23-9-8-21-10-16(23)14-6-4-5-7-15(14)20;/h4-7,16,21-22H,8-10H2,1-3H3;1H. The average Bonchev–Trinajstić information content (AvgIpc) is 2.89. The number of halogens is 2. The van der Waals surface area contributed by atoms with E-state index in [1.165, 1.54) is 6.92 Å². The van der Waals surface area contributed by atoms with Crippen molar-refractivity contribution in [2.75, 3.05) is 19.6 Å². The number of aromatic nitrogens is 1. The van der Waals surface area contributed by atoms with E-state index in [2.05, 4.69) is 10.3 Å². The summed E-state index contributed by atoms with van der Waals surface area (Å²) in [5.41, 5.74) is 3.47. The van der Waals surface area contributed by atoms with E-state index >= 15 is 0 Å². The molecule has 140 valence electrons. The number of ketones is 1. The quantitative estimate of drug-likeness (QED) is 0.778. The number of nitrogens with one attached hydrogen (secondary N) is 2. The highest BCUT2D eigenvalue weighted by Crippen LogP contribution is 2.30. The Kier molecular flexibility index (Phi) is 6.50. The fourth-order valence-corrected chi connectivity index (χ4v) is 3.87. The Bertz CT molecular complexity index is 832. The maximum absolute atomic E-state index is 13.2. The molecule has 1 aromatic heterocycles. The van der Waals surface area contributed by atoms with Crippen molar-refractivity contribution in [1.29, 1.82) is 0 Å². The minimum atomic E-state index is -0.140. The van der Waals surface area contributed by atoms with E-state index in [9.17, 15) is 9.59 Å². The number of aryl methyl sites for hydroxylation is 1. The van der Waals surface area contributed by atoms with E-state index in [-0.39, 0.29) is 30.1 Å². The molecular formula is C19H23Cl2N3O2. The largest absolute Gasteiger partial charge is 0.354 e. The molecule has 1 aliphatic heterocycles. The van der Waals surface area contributed by atoms with Crippen LogP contribution in [0.5, 0.6) is 0 Å². The van der Waals surface area contributed by atoms with Crippen LogP contribution >= 0.6 is 24.0 Å². The summed E-state index contributed by atoms with van der Waals surface area (Å²) in [6.07, 6.45) is 0. The Labute approximate surface area is 164 Å². The van der Waals surface area contributed by atoms with Gasteiger partial charge in [-0.1, -0.05) is 29.8 Å². The highest BCUT2D eigenvalue weighted by molar-refractivity contribution is 6.31. The number of carbonyl (C=O) groups is 2. The van der Waals surface area contributed by atoms with Crippen LogP contribution in [0, 0.1) is 13.8 Å². The van der Waals surface area contributed by atoms with E-state index in [0.717, 1.165) is 17.8 Å². The van der Waals surface area contributed by atoms with E-state index < -0.39 is 0 Å². The van der Waals surface area contributed by atoms with Crippen LogP contribution in [0.15, 0.2) is 24.3 Å². The molecule has 1 unspecified atom stereocenters. The maximum Gasteiger partial charge on any atom is 0.271 e. The van der Waals surface area contributed by atoms with Crippen molar-refractivity contribution < 1.29 is 9.59 Å². The second-order valence-corrected chi connectivity index (χ2v) is 6.83. The zero-order chi connectivity index (χ0) is 18.1. The first kappa shape index (κ1) is 20.5. The van der Waals surface area contributed by atoms with Gasteiger partial charge in [0, 0.05) is 35.9 Å². The Morgan fingerprint density at radius 3 is 2.54 bits per heavy atom. The monoisotopic (exact) mass is 395 g/mol. The molecule has 0 radical (unpaired) electrons. The first-order valence-corrected chi connectivity index (χ1v) is 8.75. The molecular weight excluding hydrogens is 373 g/mol. The lowest BCUT2D eigenvalue weighted by atomic mass is 10.0. The van der Waals surface area contributed by atoms with Crippen LogP contribution in [0.25, 0.3) is 0 Å². The van der Waals surface area contributed by atoms with Crippen molar-refractivity contribution in [1.82, 2.24) is 15.2 Å². The highest BCUT2D eigenvalue weighted by Gasteiger charge is 2.32. The van der Waals surface area contributed by atoms with Gasteiger partial charge in [-0.05, 0) is 38.0 Å². The molecule has 5 nitrogen and oxygen atoms in total. The molecule has 1 amide bonds. The van der Waals surface area contributed by atoms with Crippen molar-refractivity contribution >= 4 is 35.7 Å². The van der Waals surface area contributed by atoms with Gasteiger partial charge >= 0.3 is 0 Å². The molecule has 26 heavy (non-hydrogen) atoms. The Morgan fingerprint density at radius 2 is 1.92 bits per heavy atom. The number of carbonyl (C=O) groups excluding carboxylic acids is 2. The minimum absolute atomic E-state index is 0. The second-order valence-electron chi connectivity index (χ2n) is 6.42. The topological polar surface area (TPSA) is 65.2 Å². The zero-order valence-electron chi connectivity index (χ0n) is 15.1. The smallest absolute Gasteiger partial charge is 0.271 e. The molecule has 2 aromatic rings. The maximum atomic E-state index is 13.2. The molecule has 0 aliphatic carbocycles. The Balaban J connectivity index is 0.00000243. The lowest BCUT2D eigenvalue weighted by Gasteiger charge is -2.37. The predicted octanol–water partition coefficient (Wildman–Crippen LogP) is 3.70. The Morgan fingerprint density at radius 1 is 1.23 bits per heavy atom. The van der Waals surface area contributed by atoms with Crippen LogP contribution < -0.4 is 5.32 Å². The zero-order valence-corrected chi connectivity index (χ0v) is 16.6. The van der Waals surface area contributed by atoms with Crippen LogP contribution in [-0.4, -0.2) is 41.2 Å². The molecule has 7 heteroatoms. The molecule has 1 aromatic carbocycles. The molecule has 1 atom stereocenters.